The number of carbonyl (C=O) groups excluding carboxylic acids is 2. The van der Waals surface area contributed by atoms with Crippen LogP contribution in [0.25, 0.3) is 0 Å². The van der Waals surface area contributed by atoms with Crippen molar-refractivity contribution in [3.8, 4) is 0 Å². The Morgan fingerprint density at radius 1 is 1.29 bits per heavy atom. The van der Waals surface area contributed by atoms with Crippen LogP contribution in [0.5, 0.6) is 0 Å². The number of benzene rings is 1. The first kappa shape index (κ1) is 17.1. The van der Waals surface area contributed by atoms with Crippen molar-refractivity contribution in [2.75, 3.05) is 11.9 Å². The summed E-state index contributed by atoms with van der Waals surface area (Å²) < 4.78 is 13.1. The highest BCUT2D eigenvalue weighted by molar-refractivity contribution is 6.39. The normalized spacial score (nSPS) is 12.1. The van der Waals surface area contributed by atoms with E-state index >= 15 is 0 Å². The maximum absolute atomic E-state index is 13.1. The number of anilines is 1. The predicted molar refractivity (Wildman–Crippen MR) is 78.2 cm³/mol. The third kappa shape index (κ3) is 5.51. The number of hydrogen-bond acceptors (Lipinski definition) is 3. The van der Waals surface area contributed by atoms with Crippen molar-refractivity contribution < 1.29 is 19.1 Å². The molecule has 0 saturated carbocycles. The Labute approximate surface area is 123 Å². The topological polar surface area (TPSA) is 78.4 Å². The van der Waals surface area contributed by atoms with E-state index in [9.17, 15) is 19.1 Å². The van der Waals surface area contributed by atoms with Crippen molar-refractivity contribution in [2.45, 2.75) is 33.3 Å². The zero-order valence-electron chi connectivity index (χ0n) is 12.4. The lowest BCUT2D eigenvalue weighted by atomic mass is 10.0. The number of halogens is 1. The Hall–Kier alpha value is -1.95. The van der Waals surface area contributed by atoms with E-state index in [0.717, 1.165) is 6.07 Å². The fraction of sp³-hybridized carbons (Fsp3) is 0.467. The Morgan fingerprint density at radius 2 is 1.95 bits per heavy atom. The van der Waals surface area contributed by atoms with Gasteiger partial charge in [-0.25, -0.2) is 4.39 Å². The van der Waals surface area contributed by atoms with E-state index < -0.39 is 23.7 Å². The maximum Gasteiger partial charge on any atom is 0.313 e. The first-order chi connectivity index (χ1) is 9.81. The molecule has 21 heavy (non-hydrogen) atoms. The molecule has 1 aromatic rings. The number of rotatable bonds is 5. The van der Waals surface area contributed by atoms with Crippen LogP contribution in [-0.4, -0.2) is 29.6 Å². The van der Waals surface area contributed by atoms with E-state index in [0.29, 0.717) is 12.0 Å². The van der Waals surface area contributed by atoms with Crippen LogP contribution in [0, 0.1) is 18.7 Å². The summed E-state index contributed by atoms with van der Waals surface area (Å²) in [6.45, 7) is 5.64. The second-order valence-electron chi connectivity index (χ2n) is 5.27. The molecule has 0 aliphatic heterocycles. The number of aliphatic hydroxyl groups is 1. The fourth-order valence-electron chi connectivity index (χ4n) is 1.66. The Balaban J connectivity index is 2.48. The Bertz CT molecular complexity index is 518. The van der Waals surface area contributed by atoms with Gasteiger partial charge >= 0.3 is 11.8 Å². The maximum atomic E-state index is 13.1. The number of aryl methyl sites for hydroxylation is 1. The highest BCUT2D eigenvalue weighted by Gasteiger charge is 2.16. The minimum absolute atomic E-state index is 0.0886. The molecule has 2 amide bonds. The number of amides is 2. The molecule has 0 saturated heterocycles. The number of nitrogens with one attached hydrogen (secondary N) is 2. The third-order valence-electron chi connectivity index (χ3n) is 3.15. The molecule has 6 heteroatoms. The first-order valence-electron chi connectivity index (χ1n) is 6.84. The van der Waals surface area contributed by atoms with Gasteiger partial charge in [-0.05, 0) is 37.0 Å². The second-order valence-corrected chi connectivity index (χ2v) is 5.27. The van der Waals surface area contributed by atoms with E-state index in [1.165, 1.54) is 12.1 Å². The summed E-state index contributed by atoms with van der Waals surface area (Å²) in [5, 5.41) is 14.4. The molecule has 1 aromatic carbocycles. The van der Waals surface area contributed by atoms with Gasteiger partial charge in [0.2, 0.25) is 0 Å². The highest BCUT2D eigenvalue weighted by Crippen LogP contribution is 2.15. The van der Waals surface area contributed by atoms with Crippen molar-refractivity contribution in [1.29, 1.82) is 0 Å². The van der Waals surface area contributed by atoms with Gasteiger partial charge in [-0.1, -0.05) is 19.9 Å². The van der Waals surface area contributed by atoms with Crippen LogP contribution in [0.1, 0.15) is 25.8 Å². The van der Waals surface area contributed by atoms with E-state index in [1.807, 2.05) is 13.8 Å². The average Bonchev–Trinajstić information content (AvgIpc) is 2.42. The van der Waals surface area contributed by atoms with Gasteiger partial charge in [0.1, 0.15) is 5.82 Å². The lowest BCUT2D eigenvalue weighted by Crippen LogP contribution is -2.37. The molecule has 1 atom stereocenters. The first-order valence-corrected chi connectivity index (χ1v) is 6.84. The summed E-state index contributed by atoms with van der Waals surface area (Å²) in [7, 11) is 0. The van der Waals surface area contributed by atoms with Gasteiger partial charge in [0.15, 0.2) is 0 Å². The monoisotopic (exact) mass is 296 g/mol. The molecule has 0 fully saturated rings. The lowest BCUT2D eigenvalue weighted by Gasteiger charge is -2.14. The molecule has 0 heterocycles. The fourth-order valence-corrected chi connectivity index (χ4v) is 1.66. The smallest absolute Gasteiger partial charge is 0.313 e. The van der Waals surface area contributed by atoms with Gasteiger partial charge in [0.05, 0.1) is 6.10 Å². The van der Waals surface area contributed by atoms with E-state index in [-0.39, 0.29) is 18.2 Å². The summed E-state index contributed by atoms with van der Waals surface area (Å²) in [6, 6.07) is 3.95. The summed E-state index contributed by atoms with van der Waals surface area (Å²) in [6.07, 6.45) is -0.158. The summed E-state index contributed by atoms with van der Waals surface area (Å²) in [5.74, 6) is -2.07. The minimum atomic E-state index is -0.859. The molecule has 0 aromatic heterocycles. The zero-order valence-corrected chi connectivity index (χ0v) is 12.4. The summed E-state index contributed by atoms with van der Waals surface area (Å²) >= 11 is 0. The molecule has 0 spiro atoms. The molecule has 0 bridgehead atoms. The van der Waals surface area contributed by atoms with Crippen molar-refractivity contribution in [3.05, 3.63) is 29.6 Å². The predicted octanol–water partition coefficient (Wildman–Crippen LogP) is 1.60. The van der Waals surface area contributed by atoms with Gasteiger partial charge in [-0.15, -0.1) is 0 Å². The van der Waals surface area contributed by atoms with Gasteiger partial charge in [0, 0.05) is 12.2 Å². The highest BCUT2D eigenvalue weighted by atomic mass is 19.1. The van der Waals surface area contributed by atoms with E-state index in [2.05, 4.69) is 10.6 Å². The van der Waals surface area contributed by atoms with Crippen LogP contribution in [0.3, 0.4) is 0 Å². The molecular weight excluding hydrogens is 275 g/mol. The second kappa shape index (κ2) is 7.73. The van der Waals surface area contributed by atoms with Gasteiger partial charge in [0.25, 0.3) is 0 Å². The van der Waals surface area contributed by atoms with Crippen LogP contribution < -0.4 is 10.6 Å². The number of carbonyl (C=O) groups is 2. The Kier molecular flexibility index (Phi) is 6.30. The number of hydrogen-bond donors (Lipinski definition) is 3. The molecule has 116 valence electrons. The summed E-state index contributed by atoms with van der Waals surface area (Å²) in [5.41, 5.74) is 0.921. The van der Waals surface area contributed by atoms with E-state index in [4.69, 9.17) is 0 Å². The number of aliphatic hydroxyl groups excluding tert-OH is 1. The third-order valence-corrected chi connectivity index (χ3v) is 3.15. The van der Waals surface area contributed by atoms with Gasteiger partial charge < -0.3 is 15.7 Å². The molecule has 1 unspecified atom stereocenters. The van der Waals surface area contributed by atoms with Gasteiger partial charge in [-0.3, -0.25) is 9.59 Å². The van der Waals surface area contributed by atoms with Crippen LogP contribution in [-0.2, 0) is 9.59 Å². The van der Waals surface area contributed by atoms with Crippen molar-refractivity contribution >= 4 is 17.5 Å². The SMILES string of the molecule is Cc1ccc(F)cc1NC(=O)C(=O)NCCC(O)C(C)C. The molecule has 0 radical (unpaired) electrons. The molecule has 5 nitrogen and oxygen atoms in total. The zero-order chi connectivity index (χ0) is 16.0. The van der Waals surface area contributed by atoms with Crippen LogP contribution in [0.15, 0.2) is 18.2 Å². The van der Waals surface area contributed by atoms with Crippen LogP contribution in [0.2, 0.25) is 0 Å². The molecule has 1 rings (SSSR count). The standard InChI is InChI=1S/C15H21FN2O3/c1-9(2)13(19)6-7-17-14(20)15(21)18-12-8-11(16)5-4-10(12)3/h4-5,8-9,13,19H,6-7H2,1-3H3,(H,17,20)(H,18,21). The van der Waals surface area contributed by atoms with E-state index in [1.54, 1.807) is 6.92 Å². The van der Waals surface area contributed by atoms with Crippen LogP contribution in [0.4, 0.5) is 10.1 Å². The minimum Gasteiger partial charge on any atom is -0.393 e. The van der Waals surface area contributed by atoms with Crippen molar-refractivity contribution in [1.82, 2.24) is 5.32 Å². The quantitative estimate of drug-likeness (QED) is 0.722. The average molecular weight is 296 g/mol. The van der Waals surface area contributed by atoms with Gasteiger partial charge in [-0.2, -0.15) is 0 Å². The molecule has 3 N–H and O–H groups in total. The molecular formula is C15H21FN2O3. The van der Waals surface area contributed by atoms with Crippen molar-refractivity contribution in [2.24, 2.45) is 5.92 Å². The largest absolute Gasteiger partial charge is 0.393 e. The van der Waals surface area contributed by atoms with Crippen LogP contribution >= 0.6 is 0 Å². The lowest BCUT2D eigenvalue weighted by molar-refractivity contribution is -0.136. The Morgan fingerprint density at radius 3 is 2.57 bits per heavy atom. The summed E-state index contributed by atoms with van der Waals surface area (Å²) in [4.78, 5) is 23.3. The van der Waals surface area contributed by atoms with Crippen molar-refractivity contribution in [3.63, 3.8) is 0 Å². The molecule has 0 aliphatic carbocycles. The molecule has 0 aliphatic rings.